The summed E-state index contributed by atoms with van der Waals surface area (Å²) in [6.07, 6.45) is 1.57. The molecule has 0 saturated carbocycles. The van der Waals surface area contributed by atoms with Crippen LogP contribution in [0, 0.1) is 5.82 Å². The van der Waals surface area contributed by atoms with Crippen LogP contribution >= 0.6 is 15.9 Å². The lowest BCUT2D eigenvalue weighted by atomic mass is 10.0. The molecule has 1 aliphatic heterocycles. The van der Waals surface area contributed by atoms with E-state index in [4.69, 9.17) is 0 Å². The van der Waals surface area contributed by atoms with Gasteiger partial charge in [0.15, 0.2) is 5.78 Å². The van der Waals surface area contributed by atoms with E-state index in [1.807, 2.05) is 6.92 Å². The van der Waals surface area contributed by atoms with Crippen LogP contribution in [0.1, 0.15) is 51.5 Å². The molecular weight excluding hydrogens is 491 g/mol. The van der Waals surface area contributed by atoms with Crippen molar-refractivity contribution in [3.63, 3.8) is 0 Å². The number of aryl methyl sites for hydroxylation is 1. The summed E-state index contributed by atoms with van der Waals surface area (Å²) in [6, 6.07) is 10.3. The summed E-state index contributed by atoms with van der Waals surface area (Å²) in [7, 11) is 0. The van der Waals surface area contributed by atoms with Crippen LogP contribution in [0.5, 0.6) is 0 Å². The molecule has 2 aromatic carbocycles. The van der Waals surface area contributed by atoms with Crippen LogP contribution < -0.4 is 0 Å². The van der Waals surface area contributed by atoms with E-state index in [1.165, 1.54) is 13.0 Å². The van der Waals surface area contributed by atoms with Crippen molar-refractivity contribution < 1.29 is 14.0 Å². The van der Waals surface area contributed by atoms with Gasteiger partial charge in [0, 0.05) is 24.6 Å². The lowest BCUT2D eigenvalue weighted by Crippen LogP contribution is -2.36. The highest BCUT2D eigenvalue weighted by Crippen LogP contribution is 2.23. The third kappa shape index (κ3) is 4.85. The number of rotatable bonds is 3. The molecule has 10 heteroatoms. The number of fused-ring (bicyclic) bond motifs is 2. The molecule has 8 nitrogen and oxygen atoms in total. The molecule has 33 heavy (non-hydrogen) atoms. The van der Waals surface area contributed by atoms with Gasteiger partial charge in [0.2, 0.25) is 0 Å². The smallest absolute Gasteiger partial charge is 0.254 e. The van der Waals surface area contributed by atoms with Gasteiger partial charge in [-0.25, -0.2) is 4.39 Å². The minimum absolute atomic E-state index is 0.0567. The van der Waals surface area contributed by atoms with Crippen LogP contribution in [0.3, 0.4) is 0 Å². The summed E-state index contributed by atoms with van der Waals surface area (Å²) < 4.78 is 13.1. The number of ketones is 1. The molecule has 4 aromatic rings. The molecule has 0 radical (unpaired) electrons. The standard InChI is InChI=1S/C15H14N6O2.C8H8BrF/c1-8(22)14-10-4-5-21(7-13(10)16-19-14)15(23)9-2-3-11-12(6-9)18-20-17-11;1-2-6-3-4-8(10)7(9)5-6/h2-3,6H,4-5,7H2,1H3,(H,16,19)(H,17,18,20);3-5H,2H2,1H3. The second kappa shape index (κ2) is 9.62. The second-order valence-electron chi connectivity index (χ2n) is 7.69. The average molecular weight is 513 g/mol. The molecule has 0 unspecified atom stereocenters. The van der Waals surface area contributed by atoms with Gasteiger partial charge < -0.3 is 4.90 Å². The summed E-state index contributed by atoms with van der Waals surface area (Å²) in [5, 5.41) is 17.5. The number of halogens is 2. The van der Waals surface area contributed by atoms with Crippen molar-refractivity contribution in [3.8, 4) is 0 Å². The molecule has 3 heterocycles. The number of hydrogen-bond acceptors (Lipinski definition) is 5. The average Bonchev–Trinajstić information content (AvgIpc) is 3.46. The third-order valence-corrected chi connectivity index (χ3v) is 6.12. The highest BCUT2D eigenvalue weighted by molar-refractivity contribution is 9.10. The number of H-pyrrole nitrogens is 2. The predicted octanol–water partition coefficient (Wildman–Crippen LogP) is 4.23. The van der Waals surface area contributed by atoms with E-state index in [-0.39, 0.29) is 17.5 Å². The van der Waals surface area contributed by atoms with E-state index >= 15 is 0 Å². The van der Waals surface area contributed by atoms with E-state index in [0.29, 0.717) is 40.8 Å². The molecule has 0 aliphatic carbocycles. The number of aromatic nitrogens is 5. The fourth-order valence-electron chi connectivity index (χ4n) is 3.70. The number of nitrogens with zero attached hydrogens (tertiary/aromatic N) is 4. The normalized spacial score (nSPS) is 12.8. The number of Topliss-reactive ketones (excluding diaryl/α,β-unsaturated/α-hetero) is 1. The summed E-state index contributed by atoms with van der Waals surface area (Å²) in [6.45, 7) is 4.52. The minimum Gasteiger partial charge on any atom is -0.332 e. The lowest BCUT2D eigenvalue weighted by Gasteiger charge is -2.26. The molecule has 0 fully saturated rings. The molecular formula is C23H22BrFN6O2. The van der Waals surface area contributed by atoms with E-state index in [9.17, 15) is 14.0 Å². The van der Waals surface area contributed by atoms with Crippen LogP contribution in [0.4, 0.5) is 4.39 Å². The van der Waals surface area contributed by atoms with E-state index in [2.05, 4.69) is 41.5 Å². The van der Waals surface area contributed by atoms with E-state index in [1.54, 1.807) is 35.2 Å². The molecule has 5 rings (SSSR count). The fourth-order valence-corrected chi connectivity index (χ4v) is 4.12. The number of carbonyl (C=O) groups is 2. The Morgan fingerprint density at radius 1 is 1.12 bits per heavy atom. The van der Waals surface area contributed by atoms with Gasteiger partial charge in [-0.15, -0.1) is 0 Å². The highest BCUT2D eigenvalue weighted by atomic mass is 79.9. The first-order valence-electron chi connectivity index (χ1n) is 10.5. The molecule has 1 amide bonds. The van der Waals surface area contributed by atoms with Crippen molar-refractivity contribution >= 4 is 38.7 Å². The Labute approximate surface area is 197 Å². The Morgan fingerprint density at radius 2 is 1.91 bits per heavy atom. The Balaban J connectivity index is 0.000000219. The monoisotopic (exact) mass is 512 g/mol. The van der Waals surface area contributed by atoms with Crippen molar-refractivity contribution in [1.29, 1.82) is 0 Å². The zero-order valence-electron chi connectivity index (χ0n) is 18.2. The van der Waals surface area contributed by atoms with Gasteiger partial charge in [0.25, 0.3) is 5.91 Å². The Kier molecular flexibility index (Phi) is 6.64. The first kappa shape index (κ1) is 22.8. The fraction of sp³-hybridized carbons (Fsp3) is 0.261. The number of aromatic amines is 2. The maximum absolute atomic E-state index is 12.7. The Hall–Kier alpha value is -3.40. The largest absolute Gasteiger partial charge is 0.332 e. The summed E-state index contributed by atoms with van der Waals surface area (Å²) >= 11 is 3.11. The van der Waals surface area contributed by atoms with Crippen LogP contribution in [0.2, 0.25) is 0 Å². The molecule has 0 atom stereocenters. The van der Waals surface area contributed by atoms with E-state index in [0.717, 1.165) is 28.8 Å². The van der Waals surface area contributed by atoms with Crippen LogP contribution in [-0.4, -0.2) is 48.7 Å². The van der Waals surface area contributed by atoms with Gasteiger partial charge >= 0.3 is 0 Å². The van der Waals surface area contributed by atoms with Crippen LogP contribution in [0.15, 0.2) is 40.9 Å². The van der Waals surface area contributed by atoms with Crippen molar-refractivity contribution in [2.24, 2.45) is 0 Å². The minimum atomic E-state index is -0.197. The zero-order valence-corrected chi connectivity index (χ0v) is 19.7. The highest BCUT2D eigenvalue weighted by Gasteiger charge is 2.27. The van der Waals surface area contributed by atoms with Crippen molar-refractivity contribution in [2.75, 3.05) is 6.54 Å². The molecule has 0 saturated heterocycles. The van der Waals surface area contributed by atoms with Crippen LogP contribution in [0.25, 0.3) is 11.0 Å². The first-order valence-corrected chi connectivity index (χ1v) is 11.3. The van der Waals surface area contributed by atoms with E-state index < -0.39 is 0 Å². The molecule has 0 spiro atoms. The Bertz CT molecular complexity index is 1330. The summed E-state index contributed by atoms with van der Waals surface area (Å²) in [5.41, 5.74) is 5.34. The van der Waals surface area contributed by atoms with Gasteiger partial charge in [-0.2, -0.15) is 20.5 Å². The maximum Gasteiger partial charge on any atom is 0.254 e. The summed E-state index contributed by atoms with van der Waals surface area (Å²) in [5.74, 6) is -0.324. The zero-order chi connectivity index (χ0) is 23.5. The number of carbonyl (C=O) groups excluding carboxylic acids is 2. The summed E-state index contributed by atoms with van der Waals surface area (Å²) in [4.78, 5) is 26.0. The lowest BCUT2D eigenvalue weighted by molar-refractivity contribution is 0.0732. The molecule has 2 aromatic heterocycles. The quantitative estimate of drug-likeness (QED) is 0.399. The van der Waals surface area contributed by atoms with Crippen molar-refractivity contribution in [1.82, 2.24) is 30.5 Å². The Morgan fingerprint density at radius 3 is 2.64 bits per heavy atom. The van der Waals surface area contributed by atoms with Gasteiger partial charge in [0.05, 0.1) is 16.7 Å². The van der Waals surface area contributed by atoms with Gasteiger partial charge in [0.1, 0.15) is 22.5 Å². The number of hydrogen-bond donors (Lipinski definition) is 2. The number of amides is 1. The topological polar surface area (TPSA) is 108 Å². The molecule has 1 aliphatic rings. The predicted molar refractivity (Wildman–Crippen MR) is 124 cm³/mol. The molecule has 170 valence electrons. The van der Waals surface area contributed by atoms with Crippen molar-refractivity contribution in [3.05, 3.63) is 74.8 Å². The number of nitrogens with one attached hydrogen (secondary N) is 2. The van der Waals surface area contributed by atoms with Crippen LogP contribution in [-0.2, 0) is 19.4 Å². The molecule has 0 bridgehead atoms. The van der Waals surface area contributed by atoms with Crippen molar-refractivity contribution in [2.45, 2.75) is 33.2 Å². The SMILES string of the molecule is CC(=O)c1n[nH]c2c1CCN(C(=O)c1ccc3n[nH]nc3c1)C2.CCc1ccc(F)c(Br)c1. The number of benzene rings is 2. The first-order chi connectivity index (χ1) is 15.9. The van der Waals surface area contributed by atoms with Gasteiger partial charge in [-0.1, -0.05) is 13.0 Å². The van der Waals surface area contributed by atoms with Gasteiger partial charge in [-0.05, 0) is 64.7 Å². The van der Waals surface area contributed by atoms with Gasteiger partial charge in [-0.3, -0.25) is 14.7 Å². The maximum atomic E-state index is 12.7. The third-order valence-electron chi connectivity index (χ3n) is 5.51. The molecule has 2 N–H and O–H groups in total. The second-order valence-corrected chi connectivity index (χ2v) is 8.55.